The van der Waals surface area contributed by atoms with E-state index in [0.29, 0.717) is 0 Å². The number of hydrogen-bond donors (Lipinski definition) is 0. The average Bonchev–Trinajstić information content (AvgIpc) is 2.87. The number of aryl methyl sites for hydroxylation is 2. The van der Waals surface area contributed by atoms with Crippen LogP contribution in [0.2, 0.25) is 0 Å². The predicted molar refractivity (Wildman–Crippen MR) is 86.3 cm³/mol. The fraction of sp³-hybridized carbons (Fsp3) is 0.167. The maximum atomic E-state index is 4.77. The van der Waals surface area contributed by atoms with Crippen LogP contribution in [0.15, 0.2) is 53.9 Å². The summed E-state index contributed by atoms with van der Waals surface area (Å²) < 4.78 is 0. The van der Waals surface area contributed by atoms with E-state index in [4.69, 9.17) is 4.98 Å². The molecule has 100 valence electrons. The summed E-state index contributed by atoms with van der Waals surface area (Å²) >= 11 is 1.74. The molecule has 3 aromatic rings. The van der Waals surface area contributed by atoms with Crippen LogP contribution in [0.25, 0.3) is 11.3 Å². The maximum Gasteiger partial charge on any atom is 0.0976 e. The molecule has 1 nitrogen and oxygen atoms in total. The van der Waals surface area contributed by atoms with Gasteiger partial charge in [-0.3, -0.25) is 0 Å². The van der Waals surface area contributed by atoms with Gasteiger partial charge in [-0.25, -0.2) is 4.98 Å². The van der Waals surface area contributed by atoms with Crippen LogP contribution < -0.4 is 0 Å². The highest BCUT2D eigenvalue weighted by Gasteiger charge is 2.05. The van der Waals surface area contributed by atoms with Gasteiger partial charge in [0.2, 0.25) is 0 Å². The van der Waals surface area contributed by atoms with Gasteiger partial charge in [-0.15, -0.1) is 11.3 Å². The summed E-state index contributed by atoms with van der Waals surface area (Å²) in [7, 11) is 0. The van der Waals surface area contributed by atoms with Gasteiger partial charge in [-0.05, 0) is 25.5 Å². The first-order valence-corrected chi connectivity index (χ1v) is 7.66. The molecule has 0 amide bonds. The zero-order chi connectivity index (χ0) is 13.9. The summed E-state index contributed by atoms with van der Waals surface area (Å²) in [6.07, 6.45) is 0.915. The van der Waals surface area contributed by atoms with Gasteiger partial charge in [0.15, 0.2) is 0 Å². The molecule has 0 aliphatic carbocycles. The predicted octanol–water partition coefficient (Wildman–Crippen LogP) is 5.02. The van der Waals surface area contributed by atoms with Crippen molar-refractivity contribution in [1.82, 2.24) is 4.98 Å². The standard InChI is InChI=1S/C18H17NS/c1-13-5-3-7-15(9-13)11-18-19-17(12-20-18)16-8-4-6-14(2)10-16/h3-10,12H,11H2,1-2H3. The first-order chi connectivity index (χ1) is 9.70. The first-order valence-electron chi connectivity index (χ1n) is 6.78. The topological polar surface area (TPSA) is 12.9 Å². The van der Waals surface area contributed by atoms with Gasteiger partial charge in [0.25, 0.3) is 0 Å². The van der Waals surface area contributed by atoms with Crippen LogP contribution in [0.4, 0.5) is 0 Å². The molecule has 0 aliphatic rings. The fourth-order valence-corrected chi connectivity index (χ4v) is 3.16. The molecular formula is C18H17NS. The number of rotatable bonds is 3. The molecule has 0 fully saturated rings. The molecule has 1 aromatic heterocycles. The van der Waals surface area contributed by atoms with E-state index < -0.39 is 0 Å². The van der Waals surface area contributed by atoms with Crippen molar-refractivity contribution < 1.29 is 0 Å². The van der Waals surface area contributed by atoms with Crippen molar-refractivity contribution in [3.63, 3.8) is 0 Å². The van der Waals surface area contributed by atoms with E-state index in [9.17, 15) is 0 Å². The minimum atomic E-state index is 0.915. The van der Waals surface area contributed by atoms with E-state index >= 15 is 0 Å². The van der Waals surface area contributed by atoms with Crippen LogP contribution in [-0.2, 0) is 6.42 Å². The lowest BCUT2D eigenvalue weighted by Crippen LogP contribution is -1.88. The lowest BCUT2D eigenvalue weighted by Gasteiger charge is -2.00. The van der Waals surface area contributed by atoms with Crippen molar-refractivity contribution in [3.05, 3.63) is 75.6 Å². The highest BCUT2D eigenvalue weighted by Crippen LogP contribution is 2.24. The molecule has 0 unspecified atom stereocenters. The Hall–Kier alpha value is -1.93. The number of nitrogens with zero attached hydrogens (tertiary/aromatic N) is 1. The monoisotopic (exact) mass is 279 g/mol. The van der Waals surface area contributed by atoms with E-state index in [1.54, 1.807) is 11.3 Å². The number of aromatic nitrogens is 1. The fourth-order valence-electron chi connectivity index (χ4n) is 2.33. The molecule has 0 saturated carbocycles. The smallest absolute Gasteiger partial charge is 0.0976 e. The summed E-state index contributed by atoms with van der Waals surface area (Å²) in [6.45, 7) is 4.24. The third-order valence-electron chi connectivity index (χ3n) is 3.30. The highest BCUT2D eigenvalue weighted by molar-refractivity contribution is 7.10. The Morgan fingerprint density at radius 3 is 2.45 bits per heavy atom. The van der Waals surface area contributed by atoms with E-state index in [1.807, 2.05) is 0 Å². The third-order valence-corrected chi connectivity index (χ3v) is 4.15. The Morgan fingerprint density at radius 1 is 0.950 bits per heavy atom. The summed E-state index contributed by atoms with van der Waals surface area (Å²) in [5.74, 6) is 0. The normalized spacial score (nSPS) is 10.7. The Bertz CT molecular complexity index is 728. The van der Waals surface area contributed by atoms with Gasteiger partial charge in [0, 0.05) is 17.4 Å². The molecule has 0 spiro atoms. The molecule has 0 N–H and O–H groups in total. The zero-order valence-corrected chi connectivity index (χ0v) is 12.6. The van der Waals surface area contributed by atoms with Gasteiger partial charge in [-0.1, -0.05) is 53.6 Å². The van der Waals surface area contributed by atoms with Gasteiger partial charge < -0.3 is 0 Å². The Labute approximate surface area is 124 Å². The van der Waals surface area contributed by atoms with Gasteiger partial charge in [0.05, 0.1) is 10.7 Å². The molecule has 2 aromatic carbocycles. The largest absolute Gasteiger partial charge is 0.241 e. The molecule has 0 aliphatic heterocycles. The number of benzene rings is 2. The molecular weight excluding hydrogens is 262 g/mol. The van der Waals surface area contributed by atoms with Crippen LogP contribution in [0.5, 0.6) is 0 Å². The van der Waals surface area contributed by atoms with Gasteiger partial charge in [-0.2, -0.15) is 0 Å². The van der Waals surface area contributed by atoms with E-state index in [0.717, 1.165) is 12.1 Å². The number of hydrogen-bond acceptors (Lipinski definition) is 2. The molecule has 3 rings (SSSR count). The molecule has 0 radical (unpaired) electrons. The lowest BCUT2D eigenvalue weighted by atomic mass is 10.1. The second-order valence-electron chi connectivity index (χ2n) is 5.16. The maximum absolute atomic E-state index is 4.77. The van der Waals surface area contributed by atoms with Crippen LogP contribution >= 0.6 is 11.3 Å². The zero-order valence-electron chi connectivity index (χ0n) is 11.8. The van der Waals surface area contributed by atoms with Crippen molar-refractivity contribution in [1.29, 1.82) is 0 Å². The second kappa shape index (κ2) is 5.59. The van der Waals surface area contributed by atoms with Crippen molar-refractivity contribution in [3.8, 4) is 11.3 Å². The Kier molecular flexibility index (Phi) is 3.66. The van der Waals surface area contributed by atoms with Crippen molar-refractivity contribution in [2.45, 2.75) is 20.3 Å². The SMILES string of the molecule is Cc1cccc(Cc2nc(-c3cccc(C)c3)cs2)c1. The molecule has 2 heteroatoms. The summed E-state index contributed by atoms with van der Waals surface area (Å²) in [5.41, 5.74) is 6.20. The van der Waals surface area contributed by atoms with Crippen LogP contribution in [0, 0.1) is 13.8 Å². The lowest BCUT2D eigenvalue weighted by molar-refractivity contribution is 1.13. The molecule has 0 bridgehead atoms. The summed E-state index contributed by atoms with van der Waals surface area (Å²) in [5, 5.41) is 3.33. The minimum absolute atomic E-state index is 0.915. The van der Waals surface area contributed by atoms with Gasteiger partial charge in [0.1, 0.15) is 0 Å². The van der Waals surface area contributed by atoms with Crippen molar-refractivity contribution in [2.24, 2.45) is 0 Å². The molecule has 0 atom stereocenters. The van der Waals surface area contributed by atoms with Crippen LogP contribution in [0.3, 0.4) is 0 Å². The van der Waals surface area contributed by atoms with Crippen molar-refractivity contribution in [2.75, 3.05) is 0 Å². The molecule has 20 heavy (non-hydrogen) atoms. The van der Waals surface area contributed by atoms with Crippen molar-refractivity contribution >= 4 is 11.3 Å². The number of thiazole rings is 1. The minimum Gasteiger partial charge on any atom is -0.241 e. The van der Waals surface area contributed by atoms with E-state index in [1.165, 1.54) is 27.3 Å². The summed E-state index contributed by atoms with van der Waals surface area (Å²) in [6, 6.07) is 17.1. The van der Waals surface area contributed by atoms with Crippen LogP contribution in [-0.4, -0.2) is 4.98 Å². The Morgan fingerprint density at radius 2 is 1.70 bits per heavy atom. The van der Waals surface area contributed by atoms with Gasteiger partial charge >= 0.3 is 0 Å². The van der Waals surface area contributed by atoms with Crippen LogP contribution in [0.1, 0.15) is 21.7 Å². The molecule has 0 saturated heterocycles. The van der Waals surface area contributed by atoms with E-state index in [2.05, 4.69) is 67.8 Å². The first kappa shape index (κ1) is 13.1. The highest BCUT2D eigenvalue weighted by atomic mass is 32.1. The average molecular weight is 279 g/mol. The molecule has 1 heterocycles. The summed E-state index contributed by atoms with van der Waals surface area (Å²) in [4.78, 5) is 4.77. The Balaban J connectivity index is 1.84. The third kappa shape index (κ3) is 2.97. The second-order valence-corrected chi connectivity index (χ2v) is 6.10. The van der Waals surface area contributed by atoms with E-state index in [-0.39, 0.29) is 0 Å². The quantitative estimate of drug-likeness (QED) is 0.656.